The molecule has 0 amide bonds. The lowest BCUT2D eigenvalue weighted by Gasteiger charge is -2.42. The molecule has 0 saturated carbocycles. The molecule has 50 heavy (non-hydrogen) atoms. The molecule has 0 spiro atoms. The first kappa shape index (κ1) is 40.3. The SMILES string of the molecule is C.C.Cc1nnc(CO[Si](c2ccccc2)(c2ccccc2)C(C)(C)C)n1-c1scc(Br)c1CCl.Cc1nnc2n1-c1scc(Br)c1COC2. The lowest BCUT2D eigenvalue weighted by Crippen LogP contribution is -2.66. The molecule has 0 radical (unpaired) electrons. The summed E-state index contributed by atoms with van der Waals surface area (Å²) in [5.41, 5.74) is 2.22. The quantitative estimate of drug-likeness (QED) is 0.117. The molecule has 0 fully saturated rings. The second-order valence-corrected chi connectivity index (χ2v) is 20.3. The van der Waals surface area contributed by atoms with Gasteiger partial charge in [0.05, 0.1) is 19.1 Å². The average Bonchev–Trinajstić information content (AvgIpc) is 3.81. The zero-order valence-corrected chi connectivity index (χ0v) is 33.8. The lowest BCUT2D eigenvalue weighted by molar-refractivity contribution is 0.105. The number of aryl methyl sites for hydroxylation is 2. The standard InChI is InChI=1S/C25H27BrClN3OSSi.C9H8BrN3OS.2CH4/c1-18-28-29-23(30(18)24-21(15-27)22(26)17-32-24)16-31-33(25(2,3)4,19-11-7-5-8-12-19)20-13-9-6-10-14-20;1-5-11-12-8-3-14-2-6-7(10)4-15-9(6)13(5)8;;/h5-14,17H,15-16H2,1-4H3;4H,2-3H2,1H3;2*1H4. The van der Waals surface area contributed by atoms with Crippen molar-refractivity contribution in [3.63, 3.8) is 0 Å². The highest BCUT2D eigenvalue weighted by Crippen LogP contribution is 2.38. The third kappa shape index (κ3) is 7.66. The van der Waals surface area contributed by atoms with Gasteiger partial charge in [0, 0.05) is 30.8 Å². The van der Waals surface area contributed by atoms with Crippen LogP contribution >= 0.6 is 66.1 Å². The first-order valence-corrected chi connectivity index (χ1v) is 21.1. The predicted molar refractivity (Wildman–Crippen MR) is 217 cm³/mol. The summed E-state index contributed by atoms with van der Waals surface area (Å²) in [6.45, 7) is 12.2. The van der Waals surface area contributed by atoms with E-state index in [0.717, 1.165) is 47.8 Å². The number of hydrogen-bond acceptors (Lipinski definition) is 8. The van der Waals surface area contributed by atoms with E-state index in [1.165, 1.54) is 15.9 Å². The zero-order chi connectivity index (χ0) is 34.1. The summed E-state index contributed by atoms with van der Waals surface area (Å²) < 4.78 is 18.9. The summed E-state index contributed by atoms with van der Waals surface area (Å²) in [5, 5.41) is 25.8. The number of fused-ring (bicyclic) bond motifs is 3. The fraction of sp³-hybridized carbons (Fsp3) is 0.333. The number of ether oxygens (including phenoxy) is 1. The molecule has 0 N–H and O–H groups in total. The van der Waals surface area contributed by atoms with E-state index < -0.39 is 8.32 Å². The Morgan fingerprint density at radius 1 is 0.800 bits per heavy atom. The van der Waals surface area contributed by atoms with Crippen molar-refractivity contribution in [3.8, 4) is 10.0 Å². The molecule has 5 heterocycles. The molecule has 0 unspecified atom stereocenters. The normalized spacial score (nSPS) is 12.5. The number of nitrogens with zero attached hydrogens (tertiary/aromatic N) is 6. The minimum Gasteiger partial charge on any atom is -0.400 e. The largest absolute Gasteiger partial charge is 0.400 e. The number of benzene rings is 2. The van der Waals surface area contributed by atoms with Gasteiger partial charge in [0.15, 0.2) is 11.6 Å². The molecule has 0 saturated heterocycles. The van der Waals surface area contributed by atoms with Crippen molar-refractivity contribution in [1.29, 1.82) is 0 Å². The third-order valence-corrected chi connectivity index (χ3v) is 17.6. The van der Waals surface area contributed by atoms with Gasteiger partial charge in [-0.15, -0.1) is 54.7 Å². The second kappa shape index (κ2) is 16.9. The number of thiophene rings is 2. The van der Waals surface area contributed by atoms with E-state index in [1.54, 1.807) is 22.7 Å². The number of hydrogen-bond donors (Lipinski definition) is 0. The van der Waals surface area contributed by atoms with Gasteiger partial charge in [-0.2, -0.15) is 0 Å². The maximum absolute atomic E-state index is 7.08. The van der Waals surface area contributed by atoms with Gasteiger partial charge < -0.3 is 9.16 Å². The van der Waals surface area contributed by atoms with Gasteiger partial charge in [0.2, 0.25) is 0 Å². The van der Waals surface area contributed by atoms with Gasteiger partial charge in [-0.25, -0.2) is 0 Å². The maximum atomic E-state index is 7.08. The Morgan fingerprint density at radius 2 is 1.36 bits per heavy atom. The van der Waals surface area contributed by atoms with Gasteiger partial charge >= 0.3 is 0 Å². The van der Waals surface area contributed by atoms with Crippen molar-refractivity contribution in [2.24, 2.45) is 0 Å². The maximum Gasteiger partial charge on any atom is 0.261 e. The van der Waals surface area contributed by atoms with E-state index in [2.05, 4.69) is 154 Å². The molecular weight excluding hydrogens is 836 g/mol. The highest BCUT2D eigenvalue weighted by molar-refractivity contribution is 9.10. The van der Waals surface area contributed by atoms with Crippen LogP contribution in [0.3, 0.4) is 0 Å². The van der Waals surface area contributed by atoms with Crippen molar-refractivity contribution in [1.82, 2.24) is 29.5 Å². The number of halogens is 3. The van der Waals surface area contributed by atoms with Crippen LogP contribution in [-0.2, 0) is 34.9 Å². The number of aromatic nitrogens is 6. The van der Waals surface area contributed by atoms with E-state index in [4.69, 9.17) is 20.8 Å². The lowest BCUT2D eigenvalue weighted by atomic mass is 10.2. The molecule has 0 atom stereocenters. The summed E-state index contributed by atoms with van der Waals surface area (Å²) in [5.74, 6) is 3.79. The van der Waals surface area contributed by atoms with Crippen LogP contribution in [0, 0.1) is 13.8 Å². The van der Waals surface area contributed by atoms with Gasteiger partial charge in [-0.05, 0) is 61.1 Å². The topological polar surface area (TPSA) is 79.9 Å². The van der Waals surface area contributed by atoms with Crippen LogP contribution in [-0.4, -0.2) is 37.8 Å². The van der Waals surface area contributed by atoms with Crippen molar-refractivity contribution in [2.75, 3.05) is 0 Å². The van der Waals surface area contributed by atoms with E-state index in [9.17, 15) is 0 Å². The van der Waals surface area contributed by atoms with E-state index in [-0.39, 0.29) is 19.9 Å². The summed E-state index contributed by atoms with van der Waals surface area (Å²) in [4.78, 5) is 0. The molecule has 0 bridgehead atoms. The first-order chi connectivity index (χ1) is 23.1. The first-order valence-electron chi connectivity index (χ1n) is 15.3. The Bertz CT molecular complexity index is 1970. The fourth-order valence-corrected chi connectivity index (χ4v) is 14.5. The fourth-order valence-electron chi connectivity index (χ4n) is 6.04. The van der Waals surface area contributed by atoms with Crippen LogP contribution in [0.5, 0.6) is 0 Å². The average molecular weight is 879 g/mol. The van der Waals surface area contributed by atoms with Gasteiger partial charge in [-0.1, -0.05) is 96.3 Å². The summed E-state index contributed by atoms with van der Waals surface area (Å²) >= 11 is 16.7. The highest BCUT2D eigenvalue weighted by Gasteiger charge is 2.50. The van der Waals surface area contributed by atoms with Crippen LogP contribution < -0.4 is 10.4 Å². The number of rotatable bonds is 7. The Morgan fingerprint density at radius 3 is 1.96 bits per heavy atom. The van der Waals surface area contributed by atoms with Crippen molar-refractivity contribution in [3.05, 3.63) is 115 Å². The molecule has 2 aromatic carbocycles. The minimum atomic E-state index is -2.68. The molecule has 14 heteroatoms. The van der Waals surface area contributed by atoms with Gasteiger partial charge in [0.1, 0.15) is 28.3 Å². The predicted octanol–water partition coefficient (Wildman–Crippen LogP) is 9.92. The van der Waals surface area contributed by atoms with Crippen molar-refractivity contribution < 1.29 is 9.16 Å². The molecule has 4 aromatic heterocycles. The van der Waals surface area contributed by atoms with E-state index in [0.29, 0.717) is 25.7 Å². The van der Waals surface area contributed by atoms with Crippen molar-refractivity contribution in [2.45, 2.75) is 80.2 Å². The molecule has 266 valence electrons. The van der Waals surface area contributed by atoms with Crippen LogP contribution in [0.15, 0.2) is 80.4 Å². The molecule has 8 nitrogen and oxygen atoms in total. The molecule has 0 aliphatic carbocycles. The zero-order valence-electron chi connectivity index (χ0n) is 27.2. The van der Waals surface area contributed by atoms with Crippen molar-refractivity contribution >= 4 is 84.8 Å². The monoisotopic (exact) mass is 876 g/mol. The van der Waals surface area contributed by atoms with E-state index in [1.807, 2.05) is 13.8 Å². The summed E-state index contributed by atoms with van der Waals surface area (Å²) in [6, 6.07) is 21.3. The van der Waals surface area contributed by atoms with Gasteiger partial charge in [0.25, 0.3) is 8.32 Å². The Labute approximate surface area is 326 Å². The number of alkyl halides is 1. The molecular formula is C36H43Br2ClN6O2S2Si. The van der Waals surface area contributed by atoms with Crippen LogP contribution in [0.25, 0.3) is 10.0 Å². The second-order valence-electron chi connectivity index (χ2n) is 12.3. The summed E-state index contributed by atoms with van der Waals surface area (Å²) in [7, 11) is -2.68. The molecule has 1 aliphatic heterocycles. The van der Waals surface area contributed by atoms with Crippen LogP contribution in [0.4, 0.5) is 0 Å². The molecule has 6 aromatic rings. The Kier molecular flexibility index (Phi) is 13.6. The smallest absolute Gasteiger partial charge is 0.261 e. The minimum absolute atomic E-state index is 0. The highest BCUT2D eigenvalue weighted by atomic mass is 79.9. The van der Waals surface area contributed by atoms with Crippen LogP contribution in [0.1, 0.15) is 70.0 Å². The Balaban J connectivity index is 0.000000276. The van der Waals surface area contributed by atoms with E-state index >= 15 is 0 Å². The molecule has 7 rings (SSSR count). The third-order valence-electron chi connectivity index (χ3n) is 8.28. The Hall–Kier alpha value is -2.49. The summed E-state index contributed by atoms with van der Waals surface area (Å²) in [6.07, 6.45) is 0. The van der Waals surface area contributed by atoms with Gasteiger partial charge in [-0.3, -0.25) is 9.13 Å². The van der Waals surface area contributed by atoms with Crippen LogP contribution in [0.2, 0.25) is 5.04 Å². The molecule has 1 aliphatic rings.